The third-order valence-electron chi connectivity index (χ3n) is 3.96. The van der Waals surface area contributed by atoms with Gasteiger partial charge >= 0.3 is 5.97 Å². The monoisotopic (exact) mass is 270 g/mol. The van der Waals surface area contributed by atoms with E-state index < -0.39 is 5.97 Å². The molecule has 0 radical (unpaired) electrons. The molecule has 0 amide bonds. The number of fused-ring (bicyclic) bond motifs is 1. The van der Waals surface area contributed by atoms with Gasteiger partial charge in [-0.1, -0.05) is 24.3 Å². The van der Waals surface area contributed by atoms with E-state index in [1.807, 2.05) is 24.4 Å². The van der Waals surface area contributed by atoms with Crippen LogP contribution >= 0.6 is 0 Å². The Labute approximate surface area is 118 Å². The van der Waals surface area contributed by atoms with E-state index in [0.29, 0.717) is 0 Å². The molecule has 2 aromatic rings. The first-order chi connectivity index (χ1) is 9.75. The number of anilines is 1. The first-order valence-electron chi connectivity index (χ1n) is 7.08. The fourth-order valence-electron chi connectivity index (χ4n) is 3.03. The number of aromatic nitrogens is 1. The van der Waals surface area contributed by atoms with E-state index in [-0.39, 0.29) is 12.5 Å². The zero-order chi connectivity index (χ0) is 13.9. The average Bonchev–Trinajstić information content (AvgIpc) is 2.47. The standard InChI is InChI=1S/C16H18N2O2/c19-15(20)11-13-6-3-4-10-18(13)16-14-7-2-1-5-12(14)8-9-17-16/h1-2,5,7-9,13H,3-4,6,10-11H2,(H,19,20). The lowest BCUT2D eigenvalue weighted by atomic mass is 9.98. The van der Waals surface area contributed by atoms with Gasteiger partial charge in [-0.2, -0.15) is 0 Å². The molecule has 1 aliphatic rings. The minimum absolute atomic E-state index is 0.0551. The van der Waals surface area contributed by atoms with Crippen molar-refractivity contribution >= 4 is 22.6 Å². The van der Waals surface area contributed by atoms with Crippen LogP contribution in [0.5, 0.6) is 0 Å². The minimum Gasteiger partial charge on any atom is -0.481 e. The van der Waals surface area contributed by atoms with E-state index in [4.69, 9.17) is 5.11 Å². The molecule has 1 fully saturated rings. The molecule has 104 valence electrons. The van der Waals surface area contributed by atoms with Crippen LogP contribution in [0.3, 0.4) is 0 Å². The van der Waals surface area contributed by atoms with E-state index in [2.05, 4.69) is 22.0 Å². The van der Waals surface area contributed by atoms with Crippen LogP contribution in [0, 0.1) is 0 Å². The quantitative estimate of drug-likeness (QED) is 0.931. The molecule has 1 aliphatic heterocycles. The van der Waals surface area contributed by atoms with E-state index in [1.54, 1.807) is 0 Å². The Morgan fingerprint density at radius 1 is 1.30 bits per heavy atom. The maximum absolute atomic E-state index is 11.1. The molecule has 0 saturated carbocycles. The van der Waals surface area contributed by atoms with Gasteiger partial charge in [0.2, 0.25) is 0 Å². The molecule has 1 N–H and O–H groups in total. The number of rotatable bonds is 3. The molecule has 4 heteroatoms. The zero-order valence-corrected chi connectivity index (χ0v) is 11.3. The number of carboxylic acid groups (broad SMARTS) is 1. The second kappa shape index (κ2) is 5.49. The summed E-state index contributed by atoms with van der Waals surface area (Å²) in [6.45, 7) is 0.888. The number of pyridine rings is 1. The van der Waals surface area contributed by atoms with Crippen molar-refractivity contribution < 1.29 is 9.90 Å². The molecule has 1 aromatic carbocycles. The van der Waals surface area contributed by atoms with E-state index >= 15 is 0 Å². The van der Waals surface area contributed by atoms with Gasteiger partial charge in [0.05, 0.1) is 6.42 Å². The summed E-state index contributed by atoms with van der Waals surface area (Å²) in [5.74, 6) is 0.191. The largest absolute Gasteiger partial charge is 0.481 e. The molecule has 3 rings (SSSR count). The summed E-state index contributed by atoms with van der Waals surface area (Å²) >= 11 is 0. The van der Waals surface area contributed by atoms with Crippen LogP contribution in [0.4, 0.5) is 5.82 Å². The first-order valence-corrected chi connectivity index (χ1v) is 7.08. The Bertz CT molecular complexity index is 621. The molecule has 2 heterocycles. The van der Waals surface area contributed by atoms with Gasteiger partial charge in [0.15, 0.2) is 0 Å². The lowest BCUT2D eigenvalue weighted by Crippen LogP contribution is -2.41. The number of benzene rings is 1. The Hall–Kier alpha value is -2.10. The molecular formula is C16H18N2O2. The van der Waals surface area contributed by atoms with Crippen LogP contribution in [0.15, 0.2) is 36.5 Å². The Morgan fingerprint density at radius 3 is 3.00 bits per heavy atom. The lowest BCUT2D eigenvalue weighted by molar-refractivity contribution is -0.137. The number of carbonyl (C=O) groups is 1. The van der Waals surface area contributed by atoms with Gasteiger partial charge in [0.25, 0.3) is 0 Å². The van der Waals surface area contributed by atoms with Crippen LogP contribution in [-0.4, -0.2) is 28.6 Å². The van der Waals surface area contributed by atoms with Gasteiger partial charge in [0.1, 0.15) is 5.82 Å². The smallest absolute Gasteiger partial charge is 0.305 e. The summed E-state index contributed by atoms with van der Waals surface area (Å²) in [5.41, 5.74) is 0. The Kier molecular flexibility index (Phi) is 3.54. The fourth-order valence-corrected chi connectivity index (χ4v) is 3.03. The minimum atomic E-state index is -0.734. The van der Waals surface area contributed by atoms with Gasteiger partial charge in [-0.3, -0.25) is 4.79 Å². The van der Waals surface area contributed by atoms with Crippen molar-refractivity contribution in [1.82, 2.24) is 4.98 Å². The molecular weight excluding hydrogens is 252 g/mol. The summed E-state index contributed by atoms with van der Waals surface area (Å²) in [6.07, 6.45) is 5.12. The van der Waals surface area contributed by atoms with Gasteiger partial charge in [-0.25, -0.2) is 4.98 Å². The highest BCUT2D eigenvalue weighted by Gasteiger charge is 2.26. The van der Waals surface area contributed by atoms with Crippen molar-refractivity contribution in [3.8, 4) is 0 Å². The zero-order valence-electron chi connectivity index (χ0n) is 11.3. The normalized spacial score (nSPS) is 19.2. The number of piperidine rings is 1. The average molecular weight is 270 g/mol. The highest BCUT2D eigenvalue weighted by atomic mass is 16.4. The second-order valence-electron chi connectivity index (χ2n) is 5.30. The van der Waals surface area contributed by atoms with Crippen LogP contribution < -0.4 is 4.90 Å². The van der Waals surface area contributed by atoms with E-state index in [0.717, 1.165) is 42.4 Å². The Balaban J connectivity index is 2.01. The van der Waals surface area contributed by atoms with E-state index in [1.165, 1.54) is 0 Å². The molecule has 1 aromatic heterocycles. The van der Waals surface area contributed by atoms with Crippen molar-refractivity contribution in [1.29, 1.82) is 0 Å². The Morgan fingerprint density at radius 2 is 2.15 bits per heavy atom. The van der Waals surface area contributed by atoms with Crippen molar-refractivity contribution in [3.05, 3.63) is 36.5 Å². The summed E-state index contributed by atoms with van der Waals surface area (Å²) in [7, 11) is 0. The summed E-state index contributed by atoms with van der Waals surface area (Å²) in [5, 5.41) is 11.4. The SMILES string of the molecule is O=C(O)CC1CCCCN1c1nccc2ccccc12. The van der Waals surface area contributed by atoms with Crippen molar-refractivity contribution in [2.45, 2.75) is 31.7 Å². The highest BCUT2D eigenvalue weighted by Crippen LogP contribution is 2.30. The van der Waals surface area contributed by atoms with Crippen molar-refractivity contribution in [3.63, 3.8) is 0 Å². The van der Waals surface area contributed by atoms with Crippen LogP contribution in [0.25, 0.3) is 10.8 Å². The second-order valence-corrected chi connectivity index (χ2v) is 5.30. The first kappa shape index (κ1) is 12.9. The molecule has 1 saturated heterocycles. The number of carboxylic acids is 1. The van der Waals surface area contributed by atoms with Crippen molar-refractivity contribution in [2.24, 2.45) is 0 Å². The molecule has 1 unspecified atom stereocenters. The topological polar surface area (TPSA) is 53.4 Å². The number of hydrogen-bond donors (Lipinski definition) is 1. The molecule has 4 nitrogen and oxygen atoms in total. The van der Waals surface area contributed by atoms with Crippen LogP contribution in [0.2, 0.25) is 0 Å². The maximum Gasteiger partial charge on any atom is 0.305 e. The number of aliphatic carboxylic acids is 1. The van der Waals surface area contributed by atoms with Crippen LogP contribution in [-0.2, 0) is 4.79 Å². The van der Waals surface area contributed by atoms with Gasteiger partial charge in [0, 0.05) is 24.2 Å². The molecule has 0 spiro atoms. The fraction of sp³-hybridized carbons (Fsp3) is 0.375. The summed E-state index contributed by atoms with van der Waals surface area (Å²) in [6, 6.07) is 10.2. The molecule has 0 bridgehead atoms. The third kappa shape index (κ3) is 2.46. The molecule has 0 aliphatic carbocycles. The molecule has 20 heavy (non-hydrogen) atoms. The summed E-state index contributed by atoms with van der Waals surface area (Å²) in [4.78, 5) is 17.8. The summed E-state index contributed by atoms with van der Waals surface area (Å²) < 4.78 is 0. The van der Waals surface area contributed by atoms with Gasteiger partial charge < -0.3 is 10.0 Å². The highest BCUT2D eigenvalue weighted by molar-refractivity contribution is 5.92. The lowest BCUT2D eigenvalue weighted by Gasteiger charge is -2.36. The van der Waals surface area contributed by atoms with E-state index in [9.17, 15) is 4.79 Å². The van der Waals surface area contributed by atoms with Crippen LogP contribution in [0.1, 0.15) is 25.7 Å². The van der Waals surface area contributed by atoms with Gasteiger partial charge in [-0.15, -0.1) is 0 Å². The molecule has 1 atom stereocenters. The van der Waals surface area contributed by atoms with Crippen molar-refractivity contribution in [2.75, 3.05) is 11.4 Å². The number of hydrogen-bond acceptors (Lipinski definition) is 3. The maximum atomic E-state index is 11.1. The third-order valence-corrected chi connectivity index (χ3v) is 3.96. The number of nitrogens with zero attached hydrogens (tertiary/aromatic N) is 2. The van der Waals surface area contributed by atoms with Gasteiger partial charge in [-0.05, 0) is 30.7 Å². The predicted octanol–water partition coefficient (Wildman–Crippen LogP) is 3.07. The predicted molar refractivity (Wildman–Crippen MR) is 79.0 cm³/mol.